The molecule has 0 saturated heterocycles. The molecule has 0 aromatic carbocycles. The molecule has 0 unspecified atom stereocenters. The fraction of sp³-hybridized carbons (Fsp3) is 0.240. The van der Waals surface area contributed by atoms with E-state index in [1.807, 2.05) is 0 Å². The van der Waals surface area contributed by atoms with Gasteiger partial charge in [0, 0.05) is 0 Å². The second-order valence-electron chi connectivity index (χ2n) is 6.41. The first kappa shape index (κ1) is 54.6. The van der Waals surface area contributed by atoms with Crippen molar-refractivity contribution >= 4 is 35.8 Å². The molecule has 0 aliphatic carbocycles. The fourth-order valence-corrected chi connectivity index (χ4v) is 0. The van der Waals surface area contributed by atoms with E-state index in [0.29, 0.717) is 0 Å². The molecule has 0 aliphatic heterocycles. The van der Waals surface area contributed by atoms with Crippen molar-refractivity contribution in [2.75, 3.05) is 0 Å². The van der Waals surface area contributed by atoms with Gasteiger partial charge in [0.2, 0.25) is 0 Å². The minimum atomic E-state index is -1.19. The molecule has 0 aromatic rings. The van der Waals surface area contributed by atoms with Gasteiger partial charge in [-0.15, -0.1) is 0 Å². The van der Waals surface area contributed by atoms with Gasteiger partial charge in [-0.2, -0.15) is 0 Å². The molecule has 0 aliphatic rings. The summed E-state index contributed by atoms with van der Waals surface area (Å²) in [6.07, 6.45) is 0. The zero-order valence-corrected chi connectivity index (χ0v) is 22.9. The van der Waals surface area contributed by atoms with Crippen LogP contribution in [0.3, 0.4) is 0 Å². The molecule has 0 spiro atoms. The average molecular weight is 586 g/mol. The first-order valence-electron chi connectivity index (χ1n) is 9.07. The van der Waals surface area contributed by atoms with E-state index in [1.54, 1.807) is 0 Å². The molecule has 0 rings (SSSR count). The summed E-state index contributed by atoms with van der Waals surface area (Å²) in [4.78, 5) is 56.9. The van der Waals surface area contributed by atoms with E-state index in [9.17, 15) is 59.4 Å². The molecule has 0 atom stereocenters. The van der Waals surface area contributed by atoms with Crippen LogP contribution in [0.15, 0.2) is 72.9 Å². The van der Waals surface area contributed by atoms with Crippen molar-refractivity contribution in [2.45, 2.75) is 41.5 Å². The third-order valence-electron chi connectivity index (χ3n) is 2.09. The van der Waals surface area contributed by atoms with E-state index in [0.717, 1.165) is 0 Å². The maximum atomic E-state index is 9.49. The van der Waals surface area contributed by atoms with E-state index >= 15 is 0 Å². The van der Waals surface area contributed by atoms with Gasteiger partial charge in [0.15, 0.2) is 0 Å². The number of rotatable bonds is 6. The Morgan fingerprint density at radius 3 is 0.368 bits per heavy atom. The smallest absolute Gasteiger partial charge is 0.545 e. The van der Waals surface area contributed by atoms with Gasteiger partial charge in [-0.25, -0.2) is 0 Å². The van der Waals surface area contributed by atoms with Crippen LogP contribution in [0, 0.1) is 7.43 Å². The van der Waals surface area contributed by atoms with Crippen molar-refractivity contribution < 1.29 is 76.5 Å². The van der Waals surface area contributed by atoms with E-state index in [1.165, 1.54) is 41.5 Å². The second-order valence-corrected chi connectivity index (χ2v) is 6.41. The van der Waals surface area contributed by atoms with Crippen molar-refractivity contribution in [3.8, 4) is 0 Å². The second kappa shape index (κ2) is 32.8. The SMILES string of the molecule is C=C(C)C(=O)[O-].C=C(C)C(=O)[O-].C=C(C)C(=O)[O-].C=C(C)C(=O)[O-].C=C(C)C(=O)[O-].C=C(C)C(=O)[O-].[C+4].[Cu+2]. The van der Waals surface area contributed by atoms with E-state index in [2.05, 4.69) is 39.5 Å². The number of carboxylic acids is 6. The van der Waals surface area contributed by atoms with Crippen LogP contribution in [0.4, 0.5) is 0 Å². The number of carboxylic acid groups (broad SMARTS) is 6. The molecule has 0 amide bonds. The Morgan fingerprint density at radius 2 is 0.368 bits per heavy atom. The molecule has 38 heavy (non-hydrogen) atoms. The van der Waals surface area contributed by atoms with E-state index in [4.69, 9.17) is 0 Å². The average Bonchev–Trinajstić information content (AvgIpc) is 2.69. The van der Waals surface area contributed by atoms with Crippen molar-refractivity contribution in [1.82, 2.24) is 0 Å². The van der Waals surface area contributed by atoms with Crippen LogP contribution >= 0.6 is 0 Å². The Labute approximate surface area is 234 Å². The van der Waals surface area contributed by atoms with E-state index in [-0.39, 0.29) is 57.9 Å². The van der Waals surface area contributed by atoms with Gasteiger partial charge in [-0.05, 0) is 75.0 Å². The predicted octanol–water partition coefficient (Wildman–Crippen LogP) is -4.05. The van der Waals surface area contributed by atoms with Crippen molar-refractivity contribution in [3.63, 3.8) is 0 Å². The summed E-state index contributed by atoms with van der Waals surface area (Å²) in [5, 5.41) is 56.9. The third kappa shape index (κ3) is 77.0. The number of carbonyl (C=O) groups is 6. The molecule has 0 fully saturated rings. The summed E-state index contributed by atoms with van der Waals surface area (Å²) >= 11 is 0. The van der Waals surface area contributed by atoms with Gasteiger partial charge in [-0.1, -0.05) is 39.5 Å². The summed E-state index contributed by atoms with van der Waals surface area (Å²) in [5.41, 5.74) is 0.389. The van der Waals surface area contributed by atoms with Gasteiger partial charge < -0.3 is 59.4 Å². The predicted molar refractivity (Wildman–Crippen MR) is 122 cm³/mol. The number of carbonyl (C=O) groups excluding carboxylic acids is 6. The summed E-state index contributed by atoms with van der Waals surface area (Å²) in [6, 6.07) is 0. The molecular weight excluding hydrogens is 556 g/mol. The fourth-order valence-electron chi connectivity index (χ4n) is 0. The van der Waals surface area contributed by atoms with Gasteiger partial charge in [0.25, 0.3) is 0 Å². The normalized spacial score (nSPS) is 7.11. The van der Waals surface area contributed by atoms with Gasteiger partial charge in [0.1, 0.15) is 0 Å². The monoisotopic (exact) mass is 585 g/mol. The van der Waals surface area contributed by atoms with Crippen LogP contribution in [0.25, 0.3) is 0 Å². The zero-order chi connectivity index (χ0) is 30.9. The number of hydrogen-bond acceptors (Lipinski definition) is 12. The Morgan fingerprint density at radius 1 is 0.342 bits per heavy atom. The largest absolute Gasteiger partial charge is 4.00 e. The minimum Gasteiger partial charge on any atom is -0.545 e. The Bertz CT molecular complexity index is 623. The Hall–Kier alpha value is -4.22. The van der Waals surface area contributed by atoms with Crippen molar-refractivity contribution in [2.24, 2.45) is 0 Å². The van der Waals surface area contributed by atoms with Gasteiger partial charge in [-0.3, -0.25) is 0 Å². The quantitative estimate of drug-likeness (QED) is 0.213. The summed E-state index contributed by atoms with van der Waals surface area (Å²) in [7, 11) is 0. The molecule has 0 saturated carbocycles. The van der Waals surface area contributed by atoms with Crippen LogP contribution < -0.4 is 30.6 Å². The molecular formula is C25H30CuO12. The maximum absolute atomic E-state index is 9.49. The molecule has 1 radical (unpaired) electrons. The summed E-state index contributed by atoms with van der Waals surface area (Å²) in [5.74, 6) is -7.11. The number of aliphatic carboxylic acids is 6. The van der Waals surface area contributed by atoms with Crippen molar-refractivity contribution in [1.29, 1.82) is 0 Å². The summed E-state index contributed by atoms with van der Waals surface area (Å²) < 4.78 is 0. The van der Waals surface area contributed by atoms with Crippen LogP contribution in [0.1, 0.15) is 41.5 Å². The van der Waals surface area contributed by atoms with Crippen LogP contribution in [0.5, 0.6) is 0 Å². The van der Waals surface area contributed by atoms with Crippen LogP contribution in [-0.4, -0.2) is 35.8 Å². The van der Waals surface area contributed by atoms with Gasteiger partial charge >= 0.3 is 24.5 Å². The zero-order valence-electron chi connectivity index (χ0n) is 21.9. The van der Waals surface area contributed by atoms with Crippen LogP contribution in [-0.2, 0) is 45.8 Å². The molecule has 0 bridgehead atoms. The number of hydrogen-bond donors (Lipinski definition) is 0. The van der Waals surface area contributed by atoms with E-state index < -0.39 is 35.8 Å². The topological polar surface area (TPSA) is 241 Å². The third-order valence-corrected chi connectivity index (χ3v) is 2.09. The summed E-state index contributed by atoms with van der Waals surface area (Å²) in [6.45, 7) is 26.9. The van der Waals surface area contributed by atoms with Gasteiger partial charge in [0.05, 0.1) is 35.8 Å². The molecule has 13 heteroatoms. The standard InChI is InChI=1S/6C4H6O2.C.Cu/c6*1-3(2)4(5)6;;/h6*1H2,2H3,(H,5,6);;/q;;;;;;+4;+2/p-6. The first-order chi connectivity index (χ1) is 15.9. The molecule has 213 valence electrons. The van der Waals surface area contributed by atoms with Crippen LogP contribution in [0.2, 0.25) is 0 Å². The Balaban J connectivity index is -0.0000000469. The minimum absolute atomic E-state index is 0. The van der Waals surface area contributed by atoms with Crippen molar-refractivity contribution in [3.05, 3.63) is 80.3 Å². The Kier molecular flexibility index (Phi) is 47.1. The molecule has 0 heterocycles. The molecule has 0 aromatic heterocycles. The molecule has 12 nitrogen and oxygen atoms in total. The first-order valence-corrected chi connectivity index (χ1v) is 9.07. The maximum Gasteiger partial charge on any atom is 4.00 e. The molecule has 0 N–H and O–H groups in total.